The predicted octanol–water partition coefficient (Wildman–Crippen LogP) is 3.21. The summed E-state index contributed by atoms with van der Waals surface area (Å²) < 4.78 is 19.6. The van der Waals surface area contributed by atoms with Crippen molar-refractivity contribution in [3.8, 4) is 0 Å². The van der Waals surface area contributed by atoms with Gasteiger partial charge in [-0.05, 0) is 44.9 Å². The second-order valence-corrected chi connectivity index (χ2v) is 6.68. The van der Waals surface area contributed by atoms with Gasteiger partial charge in [0.25, 0.3) is 5.91 Å². The number of benzene rings is 1. The zero-order chi connectivity index (χ0) is 17.9. The largest absolute Gasteiger partial charge is 0.444 e. The predicted molar refractivity (Wildman–Crippen MR) is 90.2 cm³/mol. The van der Waals surface area contributed by atoms with E-state index in [9.17, 15) is 14.0 Å². The quantitative estimate of drug-likeness (QED) is 0.903. The van der Waals surface area contributed by atoms with Crippen molar-refractivity contribution in [3.63, 3.8) is 0 Å². The maximum absolute atomic E-state index is 14.3. The van der Waals surface area contributed by atoms with Gasteiger partial charge in [0.1, 0.15) is 11.4 Å². The molecule has 6 heteroatoms. The third-order valence-corrected chi connectivity index (χ3v) is 3.67. The van der Waals surface area contributed by atoms with Crippen molar-refractivity contribution in [1.82, 2.24) is 10.2 Å². The lowest BCUT2D eigenvalue weighted by atomic mass is 9.97. The number of carbonyl (C=O) groups excluding carboxylic acids is 2. The highest BCUT2D eigenvalue weighted by molar-refractivity contribution is 5.94. The summed E-state index contributed by atoms with van der Waals surface area (Å²) in [4.78, 5) is 25.2. The third kappa shape index (κ3) is 4.34. The van der Waals surface area contributed by atoms with Crippen molar-refractivity contribution in [2.75, 3.05) is 20.1 Å². The van der Waals surface area contributed by atoms with Gasteiger partial charge >= 0.3 is 6.09 Å². The topological polar surface area (TPSA) is 58.6 Å². The number of halogens is 1. The summed E-state index contributed by atoms with van der Waals surface area (Å²) in [5.41, 5.74) is 1.04. The monoisotopic (exact) mass is 334 g/mol. The second kappa shape index (κ2) is 7.03. The van der Waals surface area contributed by atoms with Gasteiger partial charge in [0.15, 0.2) is 0 Å². The van der Waals surface area contributed by atoms with Crippen LogP contribution in [0.4, 0.5) is 9.18 Å². The van der Waals surface area contributed by atoms with Crippen molar-refractivity contribution >= 4 is 17.6 Å². The number of amides is 2. The number of nitrogens with zero attached hydrogens (tertiary/aromatic N) is 1. The second-order valence-electron chi connectivity index (χ2n) is 6.68. The number of hydrogen-bond donors (Lipinski definition) is 1. The molecule has 1 aliphatic rings. The van der Waals surface area contributed by atoms with E-state index in [1.807, 2.05) is 26.8 Å². The molecule has 24 heavy (non-hydrogen) atoms. The molecule has 2 rings (SSSR count). The van der Waals surface area contributed by atoms with E-state index in [1.54, 1.807) is 17.0 Å². The SMILES string of the molecule is CNC(=O)c1ccc(C2=CCN(C(=O)OC(C)(C)C)CC2)c(F)c1. The molecule has 0 aromatic heterocycles. The number of rotatable bonds is 2. The smallest absolute Gasteiger partial charge is 0.410 e. The Hall–Kier alpha value is -2.37. The molecule has 0 aliphatic carbocycles. The van der Waals surface area contributed by atoms with Crippen LogP contribution in [0, 0.1) is 5.82 Å². The summed E-state index contributed by atoms with van der Waals surface area (Å²) in [6.07, 6.45) is 1.99. The Labute approximate surface area is 141 Å². The summed E-state index contributed by atoms with van der Waals surface area (Å²) in [5, 5.41) is 2.47. The van der Waals surface area contributed by atoms with E-state index < -0.39 is 11.4 Å². The van der Waals surface area contributed by atoms with Gasteiger partial charge in [-0.15, -0.1) is 0 Å². The van der Waals surface area contributed by atoms with Crippen molar-refractivity contribution in [1.29, 1.82) is 0 Å². The van der Waals surface area contributed by atoms with Crippen LogP contribution in [0.1, 0.15) is 43.1 Å². The first-order valence-electron chi connectivity index (χ1n) is 7.90. The zero-order valence-corrected chi connectivity index (χ0v) is 14.5. The first kappa shape index (κ1) is 18.0. The average molecular weight is 334 g/mol. The van der Waals surface area contributed by atoms with Gasteiger partial charge in [-0.2, -0.15) is 0 Å². The lowest BCUT2D eigenvalue weighted by molar-refractivity contribution is 0.0270. The number of hydrogen-bond acceptors (Lipinski definition) is 3. The van der Waals surface area contributed by atoms with E-state index in [0.29, 0.717) is 25.1 Å². The molecule has 0 atom stereocenters. The molecule has 0 bridgehead atoms. The lowest BCUT2D eigenvalue weighted by Crippen LogP contribution is -2.39. The average Bonchev–Trinajstić information content (AvgIpc) is 2.52. The highest BCUT2D eigenvalue weighted by Crippen LogP contribution is 2.26. The minimum atomic E-state index is -0.539. The Balaban J connectivity index is 2.10. The Kier molecular flexibility index (Phi) is 5.26. The minimum Gasteiger partial charge on any atom is -0.444 e. The summed E-state index contributed by atoms with van der Waals surface area (Å²) in [6, 6.07) is 4.43. The molecule has 0 saturated heterocycles. The van der Waals surface area contributed by atoms with Crippen LogP contribution in [0.5, 0.6) is 0 Å². The van der Waals surface area contributed by atoms with E-state index in [0.717, 1.165) is 5.57 Å². The molecule has 0 spiro atoms. The van der Waals surface area contributed by atoms with Crippen LogP contribution >= 0.6 is 0 Å². The normalized spacial score (nSPS) is 14.9. The van der Waals surface area contributed by atoms with Crippen LogP contribution in [0.3, 0.4) is 0 Å². The molecular formula is C18H23FN2O3. The first-order valence-corrected chi connectivity index (χ1v) is 7.90. The van der Waals surface area contributed by atoms with Gasteiger partial charge in [-0.3, -0.25) is 4.79 Å². The van der Waals surface area contributed by atoms with Crippen molar-refractivity contribution in [2.45, 2.75) is 32.8 Å². The fraction of sp³-hybridized carbons (Fsp3) is 0.444. The fourth-order valence-electron chi connectivity index (χ4n) is 2.47. The summed E-state index contributed by atoms with van der Waals surface area (Å²) in [6.45, 7) is 6.30. The Morgan fingerprint density at radius 1 is 1.29 bits per heavy atom. The molecule has 0 radical (unpaired) electrons. The molecule has 1 N–H and O–H groups in total. The molecule has 5 nitrogen and oxygen atoms in total. The molecule has 1 aromatic rings. The molecule has 1 heterocycles. The molecule has 1 aromatic carbocycles. The Bertz CT molecular complexity index is 677. The van der Waals surface area contributed by atoms with Crippen LogP contribution < -0.4 is 5.32 Å². The maximum Gasteiger partial charge on any atom is 0.410 e. The maximum atomic E-state index is 14.3. The standard InChI is InChI=1S/C18H23FN2O3/c1-18(2,3)24-17(23)21-9-7-12(8-10-21)14-6-5-13(11-15(14)19)16(22)20-4/h5-7,11H,8-10H2,1-4H3,(H,20,22). The molecule has 0 fully saturated rings. The molecule has 0 unspecified atom stereocenters. The highest BCUT2D eigenvalue weighted by Gasteiger charge is 2.24. The molecule has 1 aliphatic heterocycles. The van der Waals surface area contributed by atoms with Gasteiger partial charge in [0.05, 0.1) is 0 Å². The number of ether oxygens (including phenoxy) is 1. The van der Waals surface area contributed by atoms with Crippen LogP contribution in [0.15, 0.2) is 24.3 Å². The molecule has 130 valence electrons. The van der Waals surface area contributed by atoms with E-state index in [2.05, 4.69) is 5.32 Å². The van der Waals surface area contributed by atoms with E-state index in [1.165, 1.54) is 13.1 Å². The highest BCUT2D eigenvalue weighted by atomic mass is 19.1. The van der Waals surface area contributed by atoms with Crippen molar-refractivity contribution in [3.05, 3.63) is 41.2 Å². The fourth-order valence-corrected chi connectivity index (χ4v) is 2.47. The van der Waals surface area contributed by atoms with Gasteiger partial charge in [-0.1, -0.05) is 12.1 Å². The minimum absolute atomic E-state index is 0.283. The van der Waals surface area contributed by atoms with Crippen molar-refractivity contribution in [2.24, 2.45) is 0 Å². The molecule has 2 amide bonds. The van der Waals surface area contributed by atoms with Gasteiger partial charge < -0.3 is 15.0 Å². The van der Waals surface area contributed by atoms with Gasteiger partial charge in [0, 0.05) is 31.3 Å². The van der Waals surface area contributed by atoms with Crippen LogP contribution in [-0.2, 0) is 4.74 Å². The van der Waals surface area contributed by atoms with E-state index in [4.69, 9.17) is 4.74 Å². The van der Waals surface area contributed by atoms with Crippen LogP contribution in [0.2, 0.25) is 0 Å². The lowest BCUT2D eigenvalue weighted by Gasteiger charge is -2.29. The summed E-state index contributed by atoms with van der Waals surface area (Å²) >= 11 is 0. The van der Waals surface area contributed by atoms with Gasteiger partial charge in [0.2, 0.25) is 0 Å². The van der Waals surface area contributed by atoms with Crippen molar-refractivity contribution < 1.29 is 18.7 Å². The molecular weight excluding hydrogens is 311 g/mol. The van der Waals surface area contributed by atoms with Crippen LogP contribution in [-0.4, -0.2) is 42.6 Å². The first-order chi connectivity index (χ1) is 11.2. The number of carbonyl (C=O) groups is 2. The Morgan fingerprint density at radius 3 is 2.50 bits per heavy atom. The molecule has 0 saturated carbocycles. The zero-order valence-electron chi connectivity index (χ0n) is 14.5. The Morgan fingerprint density at radius 2 is 2.00 bits per heavy atom. The van der Waals surface area contributed by atoms with E-state index in [-0.39, 0.29) is 17.6 Å². The summed E-state index contributed by atoms with van der Waals surface area (Å²) in [7, 11) is 1.50. The summed E-state index contributed by atoms with van der Waals surface area (Å²) in [5.74, 6) is -0.762. The van der Waals surface area contributed by atoms with Gasteiger partial charge in [-0.25, -0.2) is 9.18 Å². The third-order valence-electron chi connectivity index (χ3n) is 3.67. The van der Waals surface area contributed by atoms with E-state index >= 15 is 0 Å². The van der Waals surface area contributed by atoms with Crippen LogP contribution in [0.25, 0.3) is 5.57 Å². The number of nitrogens with one attached hydrogen (secondary N) is 1.